The standard InChI is InChI=1S/C13H23N3O2S/c1-3-4-10(5-6-17)7-15-12(18)11-8-19-13(16-11)9(2)14/h8-10,17H,3-7,14H2,1-2H3,(H,15,18). The van der Waals surface area contributed by atoms with E-state index in [0.29, 0.717) is 18.2 Å². The summed E-state index contributed by atoms with van der Waals surface area (Å²) >= 11 is 1.40. The van der Waals surface area contributed by atoms with Crippen molar-refractivity contribution in [3.63, 3.8) is 0 Å². The molecule has 108 valence electrons. The van der Waals surface area contributed by atoms with Crippen LogP contribution in [0.4, 0.5) is 0 Å². The van der Waals surface area contributed by atoms with Crippen molar-refractivity contribution in [2.45, 2.75) is 39.2 Å². The number of amides is 1. The molecule has 0 saturated carbocycles. The zero-order chi connectivity index (χ0) is 14.3. The van der Waals surface area contributed by atoms with Crippen LogP contribution in [0.15, 0.2) is 5.38 Å². The summed E-state index contributed by atoms with van der Waals surface area (Å²) in [5.74, 6) is 0.160. The second kappa shape index (κ2) is 8.24. The molecule has 1 rings (SSSR count). The topological polar surface area (TPSA) is 88.2 Å². The van der Waals surface area contributed by atoms with Crippen molar-refractivity contribution in [2.24, 2.45) is 11.7 Å². The van der Waals surface area contributed by atoms with Gasteiger partial charge in [-0.3, -0.25) is 4.79 Å². The van der Waals surface area contributed by atoms with Crippen LogP contribution in [0.1, 0.15) is 54.6 Å². The molecule has 1 aromatic rings. The first-order valence-corrected chi connectivity index (χ1v) is 7.56. The number of carbonyl (C=O) groups is 1. The lowest BCUT2D eigenvalue weighted by molar-refractivity contribution is 0.0938. The van der Waals surface area contributed by atoms with Crippen molar-refractivity contribution in [3.05, 3.63) is 16.1 Å². The second-order valence-electron chi connectivity index (χ2n) is 4.74. The smallest absolute Gasteiger partial charge is 0.270 e. The van der Waals surface area contributed by atoms with E-state index >= 15 is 0 Å². The van der Waals surface area contributed by atoms with Crippen molar-refractivity contribution >= 4 is 17.2 Å². The van der Waals surface area contributed by atoms with Gasteiger partial charge in [-0.2, -0.15) is 0 Å². The van der Waals surface area contributed by atoms with Crippen LogP contribution in [-0.2, 0) is 0 Å². The van der Waals surface area contributed by atoms with E-state index in [9.17, 15) is 4.79 Å². The molecule has 0 aliphatic rings. The van der Waals surface area contributed by atoms with Crippen LogP contribution in [0.25, 0.3) is 0 Å². The highest BCUT2D eigenvalue weighted by Crippen LogP contribution is 2.16. The number of nitrogens with zero attached hydrogens (tertiary/aromatic N) is 1. The van der Waals surface area contributed by atoms with Crippen LogP contribution in [0.2, 0.25) is 0 Å². The van der Waals surface area contributed by atoms with Gasteiger partial charge in [0.15, 0.2) is 0 Å². The molecule has 4 N–H and O–H groups in total. The second-order valence-corrected chi connectivity index (χ2v) is 5.63. The van der Waals surface area contributed by atoms with Crippen molar-refractivity contribution in [3.8, 4) is 0 Å². The van der Waals surface area contributed by atoms with Crippen LogP contribution in [0, 0.1) is 5.92 Å². The lowest BCUT2D eigenvalue weighted by Crippen LogP contribution is -2.30. The maximum absolute atomic E-state index is 11.9. The summed E-state index contributed by atoms with van der Waals surface area (Å²) in [7, 11) is 0. The number of hydrogen-bond donors (Lipinski definition) is 3. The number of aliphatic hydroxyl groups is 1. The summed E-state index contributed by atoms with van der Waals surface area (Å²) in [6, 6.07) is -0.145. The molecular formula is C13H23N3O2S. The molecule has 1 aromatic heterocycles. The van der Waals surface area contributed by atoms with Gasteiger partial charge < -0.3 is 16.2 Å². The summed E-state index contributed by atoms with van der Waals surface area (Å²) in [5, 5.41) is 14.3. The highest BCUT2D eigenvalue weighted by atomic mass is 32.1. The number of nitrogens with one attached hydrogen (secondary N) is 1. The zero-order valence-electron chi connectivity index (χ0n) is 11.6. The molecule has 0 radical (unpaired) electrons. The molecule has 0 aromatic carbocycles. The third-order valence-corrected chi connectivity index (χ3v) is 3.98. The largest absolute Gasteiger partial charge is 0.396 e. The first-order valence-electron chi connectivity index (χ1n) is 6.68. The van der Waals surface area contributed by atoms with Crippen molar-refractivity contribution in [1.82, 2.24) is 10.3 Å². The molecule has 19 heavy (non-hydrogen) atoms. The SMILES string of the molecule is CCCC(CCO)CNC(=O)c1csc(C(C)N)n1. The third kappa shape index (κ3) is 5.26. The van der Waals surface area contributed by atoms with E-state index in [2.05, 4.69) is 17.2 Å². The molecule has 1 heterocycles. The Bertz CT molecular complexity index is 387. The van der Waals surface area contributed by atoms with Crippen molar-refractivity contribution in [2.75, 3.05) is 13.2 Å². The van der Waals surface area contributed by atoms with Crippen molar-refractivity contribution < 1.29 is 9.90 Å². The number of carbonyl (C=O) groups excluding carboxylic acids is 1. The molecule has 0 spiro atoms. The fraction of sp³-hybridized carbons (Fsp3) is 0.692. The minimum Gasteiger partial charge on any atom is -0.396 e. The molecule has 6 heteroatoms. The van der Waals surface area contributed by atoms with E-state index in [1.807, 2.05) is 6.92 Å². The molecule has 2 atom stereocenters. The van der Waals surface area contributed by atoms with E-state index in [0.717, 1.165) is 24.3 Å². The average Bonchev–Trinajstić information content (AvgIpc) is 2.86. The van der Waals surface area contributed by atoms with E-state index in [1.54, 1.807) is 5.38 Å². The number of thiazole rings is 1. The molecule has 1 amide bonds. The van der Waals surface area contributed by atoms with E-state index in [1.165, 1.54) is 11.3 Å². The fourth-order valence-corrected chi connectivity index (χ4v) is 2.63. The fourth-order valence-electron chi connectivity index (χ4n) is 1.87. The van der Waals surface area contributed by atoms with Gasteiger partial charge in [0, 0.05) is 18.5 Å². The van der Waals surface area contributed by atoms with E-state index in [-0.39, 0.29) is 18.6 Å². The van der Waals surface area contributed by atoms with Crippen LogP contribution < -0.4 is 11.1 Å². The van der Waals surface area contributed by atoms with Gasteiger partial charge in [0.25, 0.3) is 5.91 Å². The Morgan fingerprint density at radius 1 is 1.58 bits per heavy atom. The lowest BCUT2D eigenvalue weighted by atomic mass is 10.0. The van der Waals surface area contributed by atoms with Gasteiger partial charge in [-0.25, -0.2) is 4.98 Å². The van der Waals surface area contributed by atoms with Crippen LogP contribution >= 0.6 is 11.3 Å². The summed E-state index contributed by atoms with van der Waals surface area (Å²) in [6.45, 7) is 4.69. The Labute approximate surface area is 118 Å². The van der Waals surface area contributed by atoms with Gasteiger partial charge >= 0.3 is 0 Å². The summed E-state index contributed by atoms with van der Waals surface area (Å²) in [5.41, 5.74) is 6.14. The van der Waals surface area contributed by atoms with Crippen LogP contribution in [0.3, 0.4) is 0 Å². The van der Waals surface area contributed by atoms with Crippen LogP contribution in [0.5, 0.6) is 0 Å². The third-order valence-electron chi connectivity index (χ3n) is 2.93. The van der Waals surface area contributed by atoms with Gasteiger partial charge in [0.1, 0.15) is 10.7 Å². The van der Waals surface area contributed by atoms with E-state index < -0.39 is 0 Å². The highest BCUT2D eigenvalue weighted by Gasteiger charge is 2.14. The maximum Gasteiger partial charge on any atom is 0.270 e. The van der Waals surface area contributed by atoms with Crippen LogP contribution in [-0.4, -0.2) is 29.1 Å². The molecule has 0 saturated heterocycles. The van der Waals surface area contributed by atoms with Crippen molar-refractivity contribution in [1.29, 1.82) is 0 Å². The highest BCUT2D eigenvalue weighted by molar-refractivity contribution is 7.09. The van der Waals surface area contributed by atoms with Gasteiger partial charge in [-0.15, -0.1) is 11.3 Å². The number of aromatic nitrogens is 1. The molecule has 0 bridgehead atoms. The summed E-state index contributed by atoms with van der Waals surface area (Å²) in [6.07, 6.45) is 2.77. The van der Waals surface area contributed by atoms with Gasteiger partial charge in [0.05, 0.1) is 6.04 Å². The minimum atomic E-state index is -0.165. The molecule has 0 aliphatic heterocycles. The normalized spacial score (nSPS) is 14.1. The molecular weight excluding hydrogens is 262 g/mol. The van der Waals surface area contributed by atoms with E-state index in [4.69, 9.17) is 10.8 Å². The number of aliphatic hydroxyl groups excluding tert-OH is 1. The van der Waals surface area contributed by atoms with Gasteiger partial charge in [-0.05, 0) is 25.7 Å². The Hall–Kier alpha value is -0.980. The predicted octanol–water partition coefficient (Wildman–Crippen LogP) is 1.69. The van der Waals surface area contributed by atoms with Gasteiger partial charge in [0.2, 0.25) is 0 Å². The zero-order valence-corrected chi connectivity index (χ0v) is 12.4. The lowest BCUT2D eigenvalue weighted by Gasteiger charge is -2.15. The number of nitrogens with two attached hydrogens (primary N) is 1. The Morgan fingerprint density at radius 2 is 2.32 bits per heavy atom. The molecule has 0 fully saturated rings. The Kier molecular flexibility index (Phi) is 6.97. The Morgan fingerprint density at radius 3 is 2.84 bits per heavy atom. The maximum atomic E-state index is 11.9. The molecule has 2 unspecified atom stereocenters. The first-order chi connectivity index (χ1) is 9.08. The number of rotatable bonds is 8. The Balaban J connectivity index is 2.48. The number of hydrogen-bond acceptors (Lipinski definition) is 5. The molecule has 5 nitrogen and oxygen atoms in total. The monoisotopic (exact) mass is 285 g/mol. The van der Waals surface area contributed by atoms with Gasteiger partial charge in [-0.1, -0.05) is 13.3 Å². The first kappa shape index (κ1) is 16.1. The summed E-state index contributed by atoms with van der Waals surface area (Å²) in [4.78, 5) is 16.1. The molecule has 0 aliphatic carbocycles. The summed E-state index contributed by atoms with van der Waals surface area (Å²) < 4.78 is 0. The quantitative estimate of drug-likeness (QED) is 0.678. The minimum absolute atomic E-state index is 0.145. The predicted molar refractivity (Wildman–Crippen MR) is 77.2 cm³/mol. The average molecular weight is 285 g/mol.